The molecule has 4 heteroatoms. The zero-order chi connectivity index (χ0) is 13.2. The van der Waals surface area contributed by atoms with Crippen molar-refractivity contribution in [1.29, 1.82) is 0 Å². The van der Waals surface area contributed by atoms with Gasteiger partial charge < -0.3 is 11.1 Å². The highest BCUT2D eigenvalue weighted by Gasteiger charge is 2.40. The number of amides is 1. The summed E-state index contributed by atoms with van der Waals surface area (Å²) in [6.07, 6.45) is 3.35. The molecule has 3 nitrogen and oxygen atoms in total. The lowest BCUT2D eigenvalue weighted by molar-refractivity contribution is -0.129. The lowest BCUT2D eigenvalue weighted by Gasteiger charge is -2.37. The van der Waals surface area contributed by atoms with E-state index in [-0.39, 0.29) is 11.9 Å². The maximum Gasteiger partial charge on any atom is 0.240 e. The largest absolute Gasteiger partial charge is 0.352 e. The molecule has 1 aliphatic rings. The quantitative estimate of drug-likeness (QED) is 0.878. The van der Waals surface area contributed by atoms with E-state index in [1.807, 2.05) is 31.2 Å². The Bertz CT molecular complexity index is 443. The van der Waals surface area contributed by atoms with Crippen molar-refractivity contribution in [3.8, 4) is 0 Å². The number of carbonyl (C=O) groups excluding carboxylic acids is 1. The Balaban J connectivity index is 1.91. The molecule has 1 atom stereocenters. The fourth-order valence-corrected chi connectivity index (χ4v) is 2.41. The molecule has 98 valence electrons. The predicted octanol–water partition coefficient (Wildman–Crippen LogP) is 2.27. The molecule has 1 aromatic rings. The van der Waals surface area contributed by atoms with Gasteiger partial charge in [0.05, 0.1) is 5.54 Å². The Morgan fingerprint density at radius 3 is 2.72 bits per heavy atom. The molecule has 1 fully saturated rings. The van der Waals surface area contributed by atoms with Gasteiger partial charge in [0.15, 0.2) is 0 Å². The molecule has 1 saturated carbocycles. The van der Waals surface area contributed by atoms with E-state index in [1.54, 1.807) is 0 Å². The highest BCUT2D eigenvalue weighted by atomic mass is 35.5. The Labute approximate surface area is 113 Å². The highest BCUT2D eigenvalue weighted by molar-refractivity contribution is 6.31. The van der Waals surface area contributed by atoms with Crippen LogP contribution in [0.4, 0.5) is 0 Å². The van der Waals surface area contributed by atoms with Crippen LogP contribution in [0.3, 0.4) is 0 Å². The second kappa shape index (κ2) is 5.29. The van der Waals surface area contributed by atoms with Crippen molar-refractivity contribution >= 4 is 17.5 Å². The molecule has 18 heavy (non-hydrogen) atoms. The first kappa shape index (κ1) is 13.4. The second-order valence-electron chi connectivity index (χ2n) is 5.18. The van der Waals surface area contributed by atoms with E-state index in [4.69, 9.17) is 17.3 Å². The van der Waals surface area contributed by atoms with Crippen LogP contribution in [-0.4, -0.2) is 17.5 Å². The summed E-state index contributed by atoms with van der Waals surface area (Å²) >= 11 is 6.10. The molecule has 0 aromatic heterocycles. The maximum atomic E-state index is 12.0. The van der Waals surface area contributed by atoms with Gasteiger partial charge in [-0.25, -0.2) is 0 Å². The molecule has 0 heterocycles. The summed E-state index contributed by atoms with van der Waals surface area (Å²) in [6.45, 7) is 1.98. The predicted molar refractivity (Wildman–Crippen MR) is 73.5 cm³/mol. The molecule has 1 amide bonds. The molecule has 3 N–H and O–H groups in total. The number of halogens is 1. The van der Waals surface area contributed by atoms with Crippen molar-refractivity contribution in [2.24, 2.45) is 5.73 Å². The lowest BCUT2D eigenvalue weighted by Crippen LogP contribution is -2.60. The van der Waals surface area contributed by atoms with Crippen LogP contribution in [0.2, 0.25) is 5.02 Å². The van der Waals surface area contributed by atoms with E-state index in [1.165, 1.54) is 0 Å². The average Bonchev–Trinajstić information content (AvgIpc) is 2.29. The molecule has 1 aliphatic carbocycles. The second-order valence-corrected chi connectivity index (χ2v) is 5.59. The third-order valence-electron chi connectivity index (χ3n) is 3.56. The van der Waals surface area contributed by atoms with Crippen LogP contribution >= 0.6 is 11.6 Å². The topological polar surface area (TPSA) is 55.1 Å². The Morgan fingerprint density at radius 2 is 2.17 bits per heavy atom. The SMILES string of the molecule is CC(Cc1ccccc1Cl)NC(=O)C1(N)CCC1. The first-order chi connectivity index (χ1) is 8.51. The minimum absolute atomic E-state index is 0.0340. The highest BCUT2D eigenvalue weighted by Crippen LogP contribution is 2.29. The van der Waals surface area contributed by atoms with Gasteiger partial charge in [0.2, 0.25) is 5.91 Å². The first-order valence-electron chi connectivity index (χ1n) is 6.34. The number of carbonyl (C=O) groups is 1. The Kier molecular flexibility index (Phi) is 3.93. The van der Waals surface area contributed by atoms with E-state index in [0.717, 1.165) is 36.3 Å². The molecule has 0 saturated heterocycles. The Morgan fingerprint density at radius 1 is 1.50 bits per heavy atom. The number of rotatable bonds is 4. The first-order valence-corrected chi connectivity index (χ1v) is 6.72. The van der Waals surface area contributed by atoms with E-state index >= 15 is 0 Å². The molecule has 1 unspecified atom stereocenters. The van der Waals surface area contributed by atoms with Crippen molar-refractivity contribution < 1.29 is 4.79 Å². The number of hydrogen-bond acceptors (Lipinski definition) is 2. The van der Waals surface area contributed by atoms with Crippen molar-refractivity contribution in [1.82, 2.24) is 5.32 Å². The summed E-state index contributed by atoms with van der Waals surface area (Å²) in [5, 5.41) is 3.72. The number of nitrogens with two attached hydrogens (primary N) is 1. The average molecular weight is 267 g/mol. The van der Waals surface area contributed by atoms with Gasteiger partial charge in [0.25, 0.3) is 0 Å². The van der Waals surface area contributed by atoms with E-state index < -0.39 is 5.54 Å². The van der Waals surface area contributed by atoms with Gasteiger partial charge in [0, 0.05) is 11.1 Å². The Hall–Kier alpha value is -1.06. The van der Waals surface area contributed by atoms with Crippen LogP contribution in [0.25, 0.3) is 0 Å². The lowest BCUT2D eigenvalue weighted by atomic mass is 9.77. The van der Waals surface area contributed by atoms with Gasteiger partial charge in [-0.2, -0.15) is 0 Å². The van der Waals surface area contributed by atoms with Crippen molar-refractivity contribution in [3.05, 3.63) is 34.9 Å². The summed E-state index contributed by atoms with van der Waals surface area (Å²) in [5.41, 5.74) is 6.40. The summed E-state index contributed by atoms with van der Waals surface area (Å²) in [6, 6.07) is 7.73. The van der Waals surface area contributed by atoms with Crippen LogP contribution in [-0.2, 0) is 11.2 Å². The third-order valence-corrected chi connectivity index (χ3v) is 3.93. The fourth-order valence-electron chi connectivity index (χ4n) is 2.20. The van der Waals surface area contributed by atoms with Crippen molar-refractivity contribution in [2.75, 3.05) is 0 Å². The standard InChI is InChI=1S/C14H19ClN2O/c1-10(9-11-5-2-3-6-12(11)15)17-13(18)14(16)7-4-8-14/h2-3,5-6,10H,4,7-9,16H2,1H3,(H,17,18). The summed E-state index contributed by atoms with van der Waals surface area (Å²) < 4.78 is 0. The van der Waals surface area contributed by atoms with Gasteiger partial charge in [0.1, 0.15) is 0 Å². The van der Waals surface area contributed by atoms with E-state index in [2.05, 4.69) is 5.32 Å². The molecule has 0 bridgehead atoms. The molecule has 1 aromatic carbocycles. The smallest absolute Gasteiger partial charge is 0.240 e. The molecule has 0 aliphatic heterocycles. The third kappa shape index (κ3) is 2.85. The number of hydrogen-bond donors (Lipinski definition) is 2. The summed E-state index contributed by atoms with van der Waals surface area (Å²) in [5.74, 6) is -0.0340. The molecular weight excluding hydrogens is 248 g/mol. The fraction of sp³-hybridized carbons (Fsp3) is 0.500. The zero-order valence-corrected chi connectivity index (χ0v) is 11.3. The molecule has 0 spiro atoms. The molecule has 0 radical (unpaired) electrons. The van der Waals surface area contributed by atoms with Crippen LogP contribution in [0.5, 0.6) is 0 Å². The number of nitrogens with one attached hydrogen (secondary N) is 1. The molecular formula is C14H19ClN2O. The number of benzene rings is 1. The zero-order valence-electron chi connectivity index (χ0n) is 10.6. The van der Waals surface area contributed by atoms with Crippen molar-refractivity contribution in [2.45, 2.75) is 44.2 Å². The summed E-state index contributed by atoms with van der Waals surface area (Å²) in [7, 11) is 0. The molecule has 2 rings (SSSR count). The van der Waals surface area contributed by atoms with Crippen LogP contribution < -0.4 is 11.1 Å². The van der Waals surface area contributed by atoms with Crippen LogP contribution in [0, 0.1) is 0 Å². The maximum absolute atomic E-state index is 12.0. The van der Waals surface area contributed by atoms with Crippen molar-refractivity contribution in [3.63, 3.8) is 0 Å². The minimum atomic E-state index is -0.630. The normalized spacial score (nSPS) is 18.8. The van der Waals surface area contributed by atoms with Gasteiger partial charge in [-0.1, -0.05) is 29.8 Å². The van der Waals surface area contributed by atoms with Gasteiger partial charge in [-0.05, 0) is 44.2 Å². The van der Waals surface area contributed by atoms with Gasteiger partial charge >= 0.3 is 0 Å². The van der Waals surface area contributed by atoms with E-state index in [9.17, 15) is 4.79 Å². The van der Waals surface area contributed by atoms with Gasteiger partial charge in [-0.15, -0.1) is 0 Å². The van der Waals surface area contributed by atoms with Gasteiger partial charge in [-0.3, -0.25) is 4.79 Å². The van der Waals surface area contributed by atoms with E-state index in [0.29, 0.717) is 0 Å². The monoisotopic (exact) mass is 266 g/mol. The minimum Gasteiger partial charge on any atom is -0.352 e. The van der Waals surface area contributed by atoms with Crippen LogP contribution in [0.1, 0.15) is 31.7 Å². The van der Waals surface area contributed by atoms with Crippen LogP contribution in [0.15, 0.2) is 24.3 Å². The summed E-state index contributed by atoms with van der Waals surface area (Å²) in [4.78, 5) is 12.0.